The van der Waals surface area contributed by atoms with Crippen LogP contribution in [0.25, 0.3) is 0 Å². The molecule has 0 radical (unpaired) electrons. The number of anilines is 1. The number of hydrogen-bond donors (Lipinski definition) is 2. The number of aromatic nitrogens is 1. The monoisotopic (exact) mass is 306 g/mol. The van der Waals surface area contributed by atoms with E-state index in [9.17, 15) is 13.5 Å². The van der Waals surface area contributed by atoms with Gasteiger partial charge in [-0.1, -0.05) is 25.1 Å². The summed E-state index contributed by atoms with van der Waals surface area (Å²) in [5, 5.41) is 9.19. The molecule has 6 heteroatoms. The molecule has 2 N–H and O–H groups in total. The first-order valence-corrected chi connectivity index (χ1v) is 8.13. The number of nitrogens with one attached hydrogen (secondary N) is 1. The number of benzene rings is 1. The lowest BCUT2D eigenvalue weighted by atomic mass is 10.1. The number of aliphatic hydroxyl groups is 1. The maximum absolute atomic E-state index is 12.5. The van der Waals surface area contributed by atoms with Crippen LogP contribution in [0, 0.1) is 6.92 Å². The third kappa shape index (κ3) is 3.59. The highest BCUT2D eigenvalue weighted by Crippen LogP contribution is 2.21. The lowest BCUT2D eigenvalue weighted by Gasteiger charge is -2.12. The van der Waals surface area contributed by atoms with Crippen LogP contribution >= 0.6 is 0 Å². The van der Waals surface area contributed by atoms with E-state index >= 15 is 0 Å². The summed E-state index contributed by atoms with van der Waals surface area (Å²) >= 11 is 0. The highest BCUT2D eigenvalue weighted by Gasteiger charge is 2.19. The molecule has 1 aromatic heterocycles. The number of aliphatic hydroxyl groups excluding tert-OH is 1. The maximum Gasteiger partial charge on any atom is 0.263 e. The van der Waals surface area contributed by atoms with E-state index in [1.54, 1.807) is 37.3 Å². The zero-order chi connectivity index (χ0) is 15.5. The summed E-state index contributed by atoms with van der Waals surface area (Å²) in [4.78, 5) is 4.32. The van der Waals surface area contributed by atoms with Gasteiger partial charge in [0.2, 0.25) is 0 Å². The van der Waals surface area contributed by atoms with Gasteiger partial charge in [0, 0.05) is 5.69 Å². The van der Waals surface area contributed by atoms with E-state index in [0.717, 1.165) is 5.69 Å². The largest absolute Gasteiger partial charge is 0.392 e. The fourth-order valence-corrected chi connectivity index (χ4v) is 3.40. The normalized spacial score (nSPS) is 11.4. The van der Waals surface area contributed by atoms with Crippen LogP contribution in [-0.4, -0.2) is 18.5 Å². The van der Waals surface area contributed by atoms with Crippen LogP contribution < -0.4 is 4.72 Å². The minimum Gasteiger partial charge on any atom is -0.392 e. The van der Waals surface area contributed by atoms with Crippen molar-refractivity contribution in [2.75, 3.05) is 4.72 Å². The van der Waals surface area contributed by atoms with Gasteiger partial charge in [0.15, 0.2) is 0 Å². The van der Waals surface area contributed by atoms with Gasteiger partial charge in [0.1, 0.15) is 5.82 Å². The summed E-state index contributed by atoms with van der Waals surface area (Å²) in [6.07, 6.45) is 0.587. The zero-order valence-electron chi connectivity index (χ0n) is 12.0. The second kappa shape index (κ2) is 6.24. The minimum atomic E-state index is -3.73. The SMILES string of the molecule is CCc1ccc(CO)cc1S(=O)(=O)Nc1cccc(C)n1. The molecule has 0 aliphatic rings. The lowest BCUT2D eigenvalue weighted by Crippen LogP contribution is -2.16. The third-order valence-electron chi connectivity index (χ3n) is 3.11. The van der Waals surface area contributed by atoms with E-state index in [2.05, 4.69) is 9.71 Å². The van der Waals surface area contributed by atoms with Crippen LogP contribution in [0.3, 0.4) is 0 Å². The second-order valence-corrected chi connectivity index (χ2v) is 6.37. The predicted octanol–water partition coefficient (Wildman–Crippen LogP) is 2.25. The lowest BCUT2D eigenvalue weighted by molar-refractivity contribution is 0.281. The van der Waals surface area contributed by atoms with E-state index < -0.39 is 10.0 Å². The molecule has 0 atom stereocenters. The molecule has 5 nitrogen and oxygen atoms in total. The van der Waals surface area contributed by atoms with Crippen LogP contribution in [0.1, 0.15) is 23.7 Å². The zero-order valence-corrected chi connectivity index (χ0v) is 12.8. The number of sulfonamides is 1. The molecule has 112 valence electrons. The van der Waals surface area contributed by atoms with Gasteiger partial charge in [-0.25, -0.2) is 13.4 Å². The first kappa shape index (κ1) is 15.5. The van der Waals surface area contributed by atoms with Crippen LogP contribution in [-0.2, 0) is 23.1 Å². The van der Waals surface area contributed by atoms with Gasteiger partial charge < -0.3 is 5.11 Å². The van der Waals surface area contributed by atoms with Gasteiger partial charge in [0.25, 0.3) is 10.0 Å². The number of nitrogens with zero attached hydrogens (tertiary/aromatic N) is 1. The van der Waals surface area contributed by atoms with E-state index in [1.165, 1.54) is 6.07 Å². The van der Waals surface area contributed by atoms with Gasteiger partial charge in [-0.3, -0.25) is 4.72 Å². The van der Waals surface area contributed by atoms with Gasteiger partial charge in [-0.15, -0.1) is 0 Å². The Balaban J connectivity index is 2.43. The number of hydrogen-bond acceptors (Lipinski definition) is 4. The Bertz CT molecular complexity index is 742. The first-order chi connectivity index (χ1) is 9.96. The Labute approximate surface area is 124 Å². The second-order valence-electron chi connectivity index (χ2n) is 4.72. The van der Waals surface area contributed by atoms with Crippen molar-refractivity contribution < 1.29 is 13.5 Å². The Morgan fingerprint density at radius 2 is 2.00 bits per heavy atom. The van der Waals surface area contributed by atoms with Gasteiger partial charge in [-0.2, -0.15) is 0 Å². The quantitative estimate of drug-likeness (QED) is 0.888. The van der Waals surface area contributed by atoms with Crippen molar-refractivity contribution in [3.8, 4) is 0 Å². The molecule has 0 saturated carbocycles. The summed E-state index contributed by atoms with van der Waals surface area (Å²) < 4.78 is 27.5. The van der Waals surface area contributed by atoms with Crippen molar-refractivity contribution in [3.05, 3.63) is 53.2 Å². The van der Waals surface area contributed by atoms with Crippen molar-refractivity contribution >= 4 is 15.8 Å². The molecular formula is C15H18N2O3S. The van der Waals surface area contributed by atoms with Crippen LogP contribution in [0.4, 0.5) is 5.82 Å². The number of pyridine rings is 1. The van der Waals surface area contributed by atoms with Gasteiger partial charge >= 0.3 is 0 Å². The molecular weight excluding hydrogens is 288 g/mol. The Kier molecular flexibility index (Phi) is 4.59. The molecule has 0 fully saturated rings. The molecule has 0 aliphatic carbocycles. The molecule has 0 spiro atoms. The molecule has 0 saturated heterocycles. The molecule has 0 amide bonds. The summed E-state index contributed by atoms with van der Waals surface area (Å²) in [5.74, 6) is 0.284. The van der Waals surface area contributed by atoms with Crippen LogP contribution in [0.2, 0.25) is 0 Å². The Morgan fingerprint density at radius 1 is 1.24 bits per heavy atom. The van der Waals surface area contributed by atoms with Gasteiger partial charge in [0.05, 0.1) is 11.5 Å². The van der Waals surface area contributed by atoms with Crippen LogP contribution in [0.5, 0.6) is 0 Å². The highest BCUT2D eigenvalue weighted by molar-refractivity contribution is 7.92. The molecule has 2 rings (SSSR count). The number of aryl methyl sites for hydroxylation is 2. The third-order valence-corrected chi connectivity index (χ3v) is 4.55. The first-order valence-electron chi connectivity index (χ1n) is 6.65. The highest BCUT2D eigenvalue weighted by atomic mass is 32.2. The summed E-state index contributed by atoms with van der Waals surface area (Å²) in [7, 11) is -3.73. The molecule has 21 heavy (non-hydrogen) atoms. The molecule has 1 heterocycles. The standard InChI is InChI=1S/C15H18N2O3S/c1-3-13-8-7-12(10-18)9-14(13)21(19,20)17-15-6-4-5-11(2)16-15/h4-9,18H,3,10H2,1-2H3,(H,16,17). The summed E-state index contributed by atoms with van der Waals surface area (Å²) in [6, 6.07) is 10.1. The number of rotatable bonds is 5. The Morgan fingerprint density at radius 3 is 2.62 bits per heavy atom. The minimum absolute atomic E-state index is 0.180. The average molecular weight is 306 g/mol. The van der Waals surface area contributed by atoms with Crippen molar-refractivity contribution in [2.24, 2.45) is 0 Å². The van der Waals surface area contributed by atoms with Crippen molar-refractivity contribution in [1.29, 1.82) is 0 Å². The summed E-state index contributed by atoms with van der Waals surface area (Å²) in [5.41, 5.74) is 1.99. The van der Waals surface area contributed by atoms with Crippen molar-refractivity contribution in [3.63, 3.8) is 0 Å². The van der Waals surface area contributed by atoms with Gasteiger partial charge in [-0.05, 0) is 42.7 Å². The van der Waals surface area contributed by atoms with E-state index in [-0.39, 0.29) is 17.3 Å². The summed E-state index contributed by atoms with van der Waals surface area (Å²) in [6.45, 7) is 3.48. The van der Waals surface area contributed by atoms with Crippen LogP contribution in [0.15, 0.2) is 41.3 Å². The Hall–Kier alpha value is -1.92. The topological polar surface area (TPSA) is 79.3 Å². The molecule has 2 aromatic rings. The maximum atomic E-state index is 12.5. The fraction of sp³-hybridized carbons (Fsp3) is 0.267. The average Bonchev–Trinajstić information content (AvgIpc) is 2.46. The molecule has 0 bridgehead atoms. The molecule has 1 aromatic carbocycles. The molecule has 0 unspecified atom stereocenters. The van der Waals surface area contributed by atoms with E-state index in [0.29, 0.717) is 17.5 Å². The van der Waals surface area contributed by atoms with Crippen molar-refractivity contribution in [1.82, 2.24) is 4.98 Å². The van der Waals surface area contributed by atoms with E-state index in [1.807, 2.05) is 6.92 Å². The molecule has 0 aliphatic heterocycles. The predicted molar refractivity (Wildman–Crippen MR) is 81.5 cm³/mol. The van der Waals surface area contributed by atoms with E-state index in [4.69, 9.17) is 0 Å². The fourth-order valence-electron chi connectivity index (χ4n) is 2.03. The van der Waals surface area contributed by atoms with Crippen molar-refractivity contribution in [2.45, 2.75) is 31.8 Å². The smallest absolute Gasteiger partial charge is 0.263 e.